The fourth-order valence-corrected chi connectivity index (χ4v) is 3.25. The summed E-state index contributed by atoms with van der Waals surface area (Å²) in [4.78, 5) is 2.18. The maximum atomic E-state index is 13.1. The largest absolute Gasteiger partial charge is 0.416 e. The zero-order chi connectivity index (χ0) is 17.3. The lowest BCUT2D eigenvalue weighted by molar-refractivity contribution is -0.138. The molecule has 1 heterocycles. The first-order valence-corrected chi connectivity index (χ1v) is 8.09. The first kappa shape index (κ1) is 17.0. The summed E-state index contributed by atoms with van der Waals surface area (Å²) >= 11 is 0. The maximum absolute atomic E-state index is 13.1. The molecule has 3 rings (SSSR count). The molecule has 0 bridgehead atoms. The van der Waals surface area contributed by atoms with Crippen LogP contribution < -0.4 is 5.73 Å². The molecule has 2 nitrogen and oxygen atoms in total. The van der Waals surface area contributed by atoms with E-state index < -0.39 is 11.7 Å². The van der Waals surface area contributed by atoms with Crippen LogP contribution in [0.1, 0.15) is 40.8 Å². The Balaban J connectivity index is 1.74. The molecule has 0 amide bonds. The molecule has 1 aliphatic heterocycles. The Morgan fingerprint density at radius 2 is 1.83 bits per heavy atom. The third-order valence-electron chi connectivity index (χ3n) is 4.56. The highest BCUT2D eigenvalue weighted by atomic mass is 19.4. The molecule has 2 aromatic carbocycles. The van der Waals surface area contributed by atoms with E-state index in [1.165, 1.54) is 12.1 Å². The minimum Gasteiger partial charge on any atom is -0.324 e. The van der Waals surface area contributed by atoms with Crippen molar-refractivity contribution in [2.75, 3.05) is 6.54 Å². The highest BCUT2D eigenvalue weighted by Crippen LogP contribution is 2.35. The Kier molecular flexibility index (Phi) is 4.65. The lowest BCUT2D eigenvalue weighted by Gasteiger charge is -2.30. The molecule has 0 aromatic heterocycles. The van der Waals surface area contributed by atoms with Crippen LogP contribution in [0.15, 0.2) is 42.5 Å². The zero-order valence-corrected chi connectivity index (χ0v) is 13.6. The number of fused-ring (bicyclic) bond motifs is 1. The molecule has 0 unspecified atom stereocenters. The van der Waals surface area contributed by atoms with Gasteiger partial charge in [0.1, 0.15) is 0 Å². The van der Waals surface area contributed by atoms with Crippen molar-refractivity contribution in [3.05, 3.63) is 70.3 Å². The van der Waals surface area contributed by atoms with E-state index >= 15 is 0 Å². The van der Waals surface area contributed by atoms with Crippen LogP contribution in [-0.2, 0) is 25.7 Å². The summed E-state index contributed by atoms with van der Waals surface area (Å²) in [6, 6.07) is 12.6. The molecular weight excluding hydrogens is 313 g/mol. The molecule has 0 aliphatic carbocycles. The fraction of sp³-hybridized carbons (Fsp3) is 0.368. The van der Waals surface area contributed by atoms with Crippen LogP contribution in [0.2, 0.25) is 0 Å². The summed E-state index contributed by atoms with van der Waals surface area (Å²) in [5.74, 6) is 0. The Labute approximate surface area is 140 Å². The van der Waals surface area contributed by atoms with Crippen LogP contribution in [-0.4, -0.2) is 11.4 Å². The smallest absolute Gasteiger partial charge is 0.324 e. The van der Waals surface area contributed by atoms with Crippen molar-refractivity contribution in [3.63, 3.8) is 0 Å². The first-order chi connectivity index (χ1) is 11.3. The van der Waals surface area contributed by atoms with Crippen LogP contribution in [0.3, 0.4) is 0 Å². The quantitative estimate of drug-likeness (QED) is 0.907. The van der Waals surface area contributed by atoms with Gasteiger partial charge in [0.25, 0.3) is 0 Å². The van der Waals surface area contributed by atoms with Crippen molar-refractivity contribution >= 4 is 0 Å². The predicted molar refractivity (Wildman–Crippen MR) is 88.3 cm³/mol. The molecule has 5 heteroatoms. The molecule has 0 saturated heterocycles. The van der Waals surface area contributed by atoms with E-state index in [4.69, 9.17) is 5.73 Å². The minimum absolute atomic E-state index is 0.00158. The number of nitrogens with two attached hydrogens (primary N) is 1. The summed E-state index contributed by atoms with van der Waals surface area (Å²) in [6.07, 6.45) is -3.84. The number of benzene rings is 2. The zero-order valence-electron chi connectivity index (χ0n) is 13.6. The highest BCUT2D eigenvalue weighted by molar-refractivity contribution is 5.39. The molecule has 24 heavy (non-hydrogen) atoms. The van der Waals surface area contributed by atoms with Gasteiger partial charge in [0.05, 0.1) is 5.56 Å². The highest BCUT2D eigenvalue weighted by Gasteiger charge is 2.35. The van der Waals surface area contributed by atoms with Crippen molar-refractivity contribution in [3.8, 4) is 0 Å². The van der Waals surface area contributed by atoms with Crippen molar-refractivity contribution < 1.29 is 13.2 Å². The van der Waals surface area contributed by atoms with E-state index in [1.807, 2.05) is 31.2 Å². The molecule has 1 aliphatic rings. The first-order valence-electron chi connectivity index (χ1n) is 8.09. The number of halogens is 3. The van der Waals surface area contributed by atoms with E-state index in [-0.39, 0.29) is 6.04 Å². The van der Waals surface area contributed by atoms with Gasteiger partial charge >= 0.3 is 6.18 Å². The molecule has 0 fully saturated rings. The van der Waals surface area contributed by atoms with Crippen molar-refractivity contribution in [1.29, 1.82) is 0 Å². The Bertz CT molecular complexity index is 706. The molecule has 1 atom stereocenters. The normalized spacial score (nSPS) is 16.7. The van der Waals surface area contributed by atoms with Gasteiger partial charge in [-0.25, -0.2) is 0 Å². The van der Waals surface area contributed by atoms with E-state index in [9.17, 15) is 13.2 Å². The average molecular weight is 334 g/mol. The third kappa shape index (κ3) is 3.62. The molecule has 0 radical (unpaired) electrons. The Morgan fingerprint density at radius 3 is 2.46 bits per heavy atom. The molecule has 128 valence electrons. The van der Waals surface area contributed by atoms with Crippen molar-refractivity contribution in [2.24, 2.45) is 5.73 Å². The monoisotopic (exact) mass is 334 g/mol. The molecule has 2 aromatic rings. The SMILES string of the molecule is C[C@H](N)c1ccc(CN2CCc3c(cccc3C(F)(F)F)C2)cc1. The van der Waals surface area contributed by atoms with Crippen LogP contribution in [0.25, 0.3) is 0 Å². The minimum atomic E-state index is -4.28. The molecule has 0 saturated carbocycles. The van der Waals surface area contributed by atoms with Gasteiger partial charge in [0.15, 0.2) is 0 Å². The number of hydrogen-bond acceptors (Lipinski definition) is 2. The Hall–Kier alpha value is -1.85. The van der Waals surface area contributed by atoms with Gasteiger partial charge in [-0.15, -0.1) is 0 Å². The van der Waals surface area contributed by atoms with Crippen LogP contribution in [0.4, 0.5) is 13.2 Å². The number of nitrogens with zero attached hydrogens (tertiary/aromatic N) is 1. The van der Waals surface area contributed by atoms with Gasteiger partial charge in [-0.2, -0.15) is 13.2 Å². The van der Waals surface area contributed by atoms with E-state index in [2.05, 4.69) is 4.90 Å². The van der Waals surface area contributed by atoms with Gasteiger partial charge in [-0.1, -0.05) is 36.4 Å². The summed E-state index contributed by atoms with van der Waals surface area (Å²) in [5, 5.41) is 0. The summed E-state index contributed by atoms with van der Waals surface area (Å²) in [5.41, 5.74) is 8.83. The second kappa shape index (κ2) is 6.57. The number of hydrogen-bond donors (Lipinski definition) is 1. The number of alkyl halides is 3. The summed E-state index contributed by atoms with van der Waals surface area (Å²) in [6.45, 7) is 3.85. The molecular formula is C19H21F3N2. The second-order valence-electron chi connectivity index (χ2n) is 6.43. The third-order valence-corrected chi connectivity index (χ3v) is 4.56. The summed E-state index contributed by atoms with van der Waals surface area (Å²) in [7, 11) is 0. The second-order valence-corrected chi connectivity index (χ2v) is 6.43. The van der Waals surface area contributed by atoms with Gasteiger partial charge in [0.2, 0.25) is 0 Å². The van der Waals surface area contributed by atoms with Gasteiger partial charge < -0.3 is 5.73 Å². The molecule has 2 N–H and O–H groups in total. The van der Waals surface area contributed by atoms with E-state index in [0.717, 1.165) is 23.2 Å². The average Bonchev–Trinajstić information content (AvgIpc) is 2.53. The molecule has 0 spiro atoms. The lowest BCUT2D eigenvalue weighted by atomic mass is 9.94. The van der Waals surface area contributed by atoms with Gasteiger partial charge in [-0.05, 0) is 41.7 Å². The predicted octanol–water partition coefficient (Wildman–Crippen LogP) is 4.28. The van der Waals surface area contributed by atoms with Crippen molar-refractivity contribution in [1.82, 2.24) is 4.90 Å². The van der Waals surface area contributed by atoms with E-state index in [0.29, 0.717) is 25.1 Å². The standard InChI is InChI=1S/C19H21F3N2/c1-13(23)15-7-5-14(6-8-15)11-24-10-9-17-16(12-24)3-2-4-18(17)19(20,21)22/h2-8,13H,9-12,23H2,1H3/t13-/m0/s1. The van der Waals surface area contributed by atoms with Crippen molar-refractivity contribution in [2.45, 2.75) is 38.7 Å². The number of rotatable bonds is 3. The Morgan fingerprint density at radius 1 is 1.12 bits per heavy atom. The van der Waals surface area contributed by atoms with Crippen LogP contribution in [0.5, 0.6) is 0 Å². The lowest BCUT2D eigenvalue weighted by Crippen LogP contribution is -2.31. The topological polar surface area (TPSA) is 29.3 Å². The van der Waals surface area contributed by atoms with Crippen LogP contribution in [0, 0.1) is 0 Å². The van der Waals surface area contributed by atoms with E-state index in [1.54, 1.807) is 6.07 Å². The van der Waals surface area contributed by atoms with Crippen LogP contribution >= 0.6 is 0 Å². The maximum Gasteiger partial charge on any atom is 0.416 e. The fourth-order valence-electron chi connectivity index (χ4n) is 3.25. The van der Waals surface area contributed by atoms with Gasteiger partial charge in [-0.3, -0.25) is 4.90 Å². The summed E-state index contributed by atoms with van der Waals surface area (Å²) < 4.78 is 39.3. The van der Waals surface area contributed by atoms with Gasteiger partial charge in [0, 0.05) is 25.7 Å².